The molecule has 2 aromatic heterocycles. The van der Waals surface area contributed by atoms with Crippen molar-refractivity contribution >= 4 is 5.91 Å². The molecule has 0 amide bonds. The van der Waals surface area contributed by atoms with E-state index in [1.807, 2.05) is 55.5 Å². The highest BCUT2D eigenvalue weighted by Gasteiger charge is 2.16. The largest absolute Gasteiger partial charge is 0.335 e. The highest BCUT2D eigenvalue weighted by atomic mass is 16.2. The molecule has 0 spiro atoms. The summed E-state index contributed by atoms with van der Waals surface area (Å²) in [6.45, 7) is 4.56. The summed E-state index contributed by atoms with van der Waals surface area (Å²) in [5.41, 5.74) is 4.61. The summed E-state index contributed by atoms with van der Waals surface area (Å²) < 4.78 is 4.70. The van der Waals surface area contributed by atoms with Crippen LogP contribution in [-0.2, 0) is 13.0 Å². The van der Waals surface area contributed by atoms with Crippen LogP contribution in [0, 0.1) is 0 Å². The maximum Gasteiger partial charge on any atom is 0.335 e. The van der Waals surface area contributed by atoms with E-state index in [9.17, 15) is 9.59 Å². The minimum atomic E-state index is -0.248. The van der Waals surface area contributed by atoms with E-state index in [1.54, 1.807) is 21.8 Å². The third-order valence-corrected chi connectivity index (χ3v) is 6.19. The number of aromatic nitrogens is 6. The van der Waals surface area contributed by atoms with Crippen molar-refractivity contribution in [2.75, 3.05) is 0 Å². The highest BCUT2D eigenvalue weighted by Crippen LogP contribution is 2.26. The molecule has 0 aliphatic carbocycles. The van der Waals surface area contributed by atoms with Crippen LogP contribution in [0.3, 0.4) is 0 Å². The van der Waals surface area contributed by atoms with Gasteiger partial charge in [-0.2, -0.15) is 4.68 Å². The second-order valence-electron chi connectivity index (χ2n) is 8.78. The Hall–Kier alpha value is -3.81. The van der Waals surface area contributed by atoms with Gasteiger partial charge in [0.2, 0.25) is 5.91 Å². The summed E-state index contributed by atoms with van der Waals surface area (Å²) in [6.07, 6.45) is 9.66. The molecule has 0 aliphatic heterocycles. The second-order valence-corrected chi connectivity index (χ2v) is 8.78. The first kappa shape index (κ1) is 24.3. The van der Waals surface area contributed by atoms with E-state index in [0.29, 0.717) is 13.0 Å². The molecule has 4 aromatic rings. The Kier molecular flexibility index (Phi) is 8.03. The Morgan fingerprint density at radius 3 is 2.46 bits per heavy atom. The average molecular weight is 473 g/mol. The molecule has 0 atom stereocenters. The molecule has 0 fully saturated rings. The highest BCUT2D eigenvalue weighted by molar-refractivity contribution is 5.78. The van der Waals surface area contributed by atoms with Crippen LogP contribution in [0.4, 0.5) is 0 Å². The minimum absolute atomic E-state index is 0.138. The number of aryl methyl sites for hydroxylation is 1. The number of carbonyl (C=O) groups is 1. The first-order valence-electron chi connectivity index (χ1n) is 12.4. The number of hydrogen-bond acceptors (Lipinski definition) is 5. The van der Waals surface area contributed by atoms with Crippen molar-refractivity contribution in [1.29, 1.82) is 0 Å². The number of imidazole rings is 1. The van der Waals surface area contributed by atoms with Crippen LogP contribution in [0.2, 0.25) is 0 Å². The molecule has 8 heteroatoms. The lowest BCUT2D eigenvalue weighted by atomic mass is 10.0. The third-order valence-electron chi connectivity index (χ3n) is 6.19. The molecule has 0 saturated heterocycles. The summed E-state index contributed by atoms with van der Waals surface area (Å²) in [5, 5.41) is 11.5. The number of rotatable bonds is 11. The SMILES string of the molecule is CCCCCCc1cn(C(=O)CCC)c(=O)n1Cc1ccc(-c2ccccc2-n2cnnn2)cc1. The molecule has 35 heavy (non-hydrogen) atoms. The van der Waals surface area contributed by atoms with Crippen LogP contribution in [0.25, 0.3) is 16.8 Å². The fourth-order valence-electron chi connectivity index (χ4n) is 4.30. The average Bonchev–Trinajstić information content (AvgIpc) is 3.52. The summed E-state index contributed by atoms with van der Waals surface area (Å²) in [5.74, 6) is -0.138. The zero-order chi connectivity index (χ0) is 24.6. The first-order valence-corrected chi connectivity index (χ1v) is 12.4. The zero-order valence-electron chi connectivity index (χ0n) is 20.4. The molecule has 0 aliphatic rings. The van der Waals surface area contributed by atoms with Crippen molar-refractivity contribution in [3.63, 3.8) is 0 Å². The lowest BCUT2D eigenvalue weighted by molar-refractivity contribution is 0.0897. The molecule has 182 valence electrons. The smallest absolute Gasteiger partial charge is 0.292 e. The van der Waals surface area contributed by atoms with Crippen molar-refractivity contribution in [1.82, 2.24) is 29.3 Å². The molecule has 0 N–H and O–H groups in total. The number of para-hydroxylation sites is 1. The number of hydrogen-bond donors (Lipinski definition) is 0. The Morgan fingerprint density at radius 2 is 1.74 bits per heavy atom. The van der Waals surface area contributed by atoms with Crippen LogP contribution >= 0.6 is 0 Å². The van der Waals surface area contributed by atoms with Crippen LogP contribution in [-0.4, -0.2) is 35.2 Å². The van der Waals surface area contributed by atoms with Gasteiger partial charge in [0.1, 0.15) is 6.33 Å². The summed E-state index contributed by atoms with van der Waals surface area (Å²) in [7, 11) is 0. The van der Waals surface area contributed by atoms with E-state index < -0.39 is 0 Å². The van der Waals surface area contributed by atoms with Gasteiger partial charge in [0.05, 0.1) is 12.2 Å². The fraction of sp³-hybridized carbons (Fsp3) is 0.370. The maximum atomic E-state index is 13.1. The first-order chi connectivity index (χ1) is 17.1. The van der Waals surface area contributed by atoms with E-state index in [-0.39, 0.29) is 11.6 Å². The van der Waals surface area contributed by atoms with Crippen molar-refractivity contribution in [2.24, 2.45) is 0 Å². The fourth-order valence-corrected chi connectivity index (χ4v) is 4.30. The van der Waals surface area contributed by atoms with Crippen molar-refractivity contribution in [2.45, 2.75) is 65.3 Å². The number of nitrogens with zero attached hydrogens (tertiary/aromatic N) is 6. The van der Waals surface area contributed by atoms with Crippen LogP contribution in [0.5, 0.6) is 0 Å². The Bertz CT molecular complexity index is 1300. The van der Waals surface area contributed by atoms with E-state index in [0.717, 1.165) is 60.2 Å². The van der Waals surface area contributed by atoms with Gasteiger partial charge in [-0.1, -0.05) is 75.6 Å². The van der Waals surface area contributed by atoms with Gasteiger partial charge in [-0.3, -0.25) is 9.36 Å². The van der Waals surface area contributed by atoms with Gasteiger partial charge < -0.3 is 0 Å². The Balaban J connectivity index is 1.60. The van der Waals surface area contributed by atoms with Gasteiger partial charge in [0.15, 0.2) is 0 Å². The molecule has 2 aromatic carbocycles. The molecular weight excluding hydrogens is 440 g/mol. The lowest BCUT2D eigenvalue weighted by Gasteiger charge is -2.11. The quantitative estimate of drug-likeness (QED) is 0.290. The number of benzene rings is 2. The van der Waals surface area contributed by atoms with E-state index in [1.165, 1.54) is 11.0 Å². The minimum Gasteiger partial charge on any atom is -0.292 e. The predicted molar refractivity (Wildman–Crippen MR) is 136 cm³/mol. The summed E-state index contributed by atoms with van der Waals surface area (Å²) in [6, 6.07) is 16.1. The van der Waals surface area contributed by atoms with E-state index >= 15 is 0 Å². The van der Waals surface area contributed by atoms with Gasteiger partial charge in [-0.05, 0) is 46.9 Å². The predicted octanol–water partition coefficient (Wildman–Crippen LogP) is 4.90. The molecule has 0 saturated carbocycles. The van der Waals surface area contributed by atoms with Gasteiger partial charge in [-0.15, -0.1) is 5.10 Å². The molecule has 4 rings (SSSR count). The van der Waals surface area contributed by atoms with Crippen molar-refractivity contribution < 1.29 is 4.79 Å². The molecule has 0 radical (unpaired) electrons. The number of tetrazole rings is 1. The third kappa shape index (κ3) is 5.65. The van der Waals surface area contributed by atoms with E-state index in [2.05, 4.69) is 22.4 Å². The number of unbranched alkanes of at least 4 members (excludes halogenated alkanes) is 3. The molecule has 0 bridgehead atoms. The second kappa shape index (κ2) is 11.6. The monoisotopic (exact) mass is 472 g/mol. The summed E-state index contributed by atoms with van der Waals surface area (Å²) >= 11 is 0. The Morgan fingerprint density at radius 1 is 0.943 bits per heavy atom. The maximum absolute atomic E-state index is 13.1. The van der Waals surface area contributed by atoms with Crippen molar-refractivity contribution in [3.8, 4) is 16.8 Å². The van der Waals surface area contributed by atoms with E-state index in [4.69, 9.17) is 0 Å². The molecular formula is C27H32N6O2. The van der Waals surface area contributed by atoms with Crippen LogP contribution < -0.4 is 5.69 Å². The standard InChI is InChI=1S/C27H32N6O2/c1-3-5-6-7-11-23-19-32(26(34)10-4-2)27(35)31(23)18-21-14-16-22(17-15-21)24-12-8-9-13-25(24)33-20-28-29-30-33/h8-9,12-17,19-20H,3-7,10-11,18H2,1-2H3. The lowest BCUT2D eigenvalue weighted by Crippen LogP contribution is -2.29. The normalized spacial score (nSPS) is 11.1. The topological polar surface area (TPSA) is 87.6 Å². The van der Waals surface area contributed by atoms with Gasteiger partial charge in [0.25, 0.3) is 0 Å². The Labute approximate surface area is 205 Å². The van der Waals surface area contributed by atoms with Gasteiger partial charge in [-0.25, -0.2) is 9.36 Å². The van der Waals surface area contributed by atoms with Gasteiger partial charge >= 0.3 is 5.69 Å². The molecule has 8 nitrogen and oxygen atoms in total. The zero-order valence-corrected chi connectivity index (χ0v) is 20.4. The van der Waals surface area contributed by atoms with Crippen LogP contribution in [0.15, 0.2) is 65.8 Å². The summed E-state index contributed by atoms with van der Waals surface area (Å²) in [4.78, 5) is 25.7. The van der Waals surface area contributed by atoms with Crippen LogP contribution in [0.1, 0.15) is 68.4 Å². The molecule has 2 heterocycles. The van der Waals surface area contributed by atoms with Gasteiger partial charge in [0, 0.05) is 23.9 Å². The number of carbonyl (C=O) groups excluding carboxylic acids is 1. The molecule has 0 unspecified atom stereocenters. The van der Waals surface area contributed by atoms with Crippen molar-refractivity contribution in [3.05, 3.63) is 82.8 Å².